The molecule has 0 radical (unpaired) electrons. The van der Waals surface area contributed by atoms with Crippen LogP contribution in [0.5, 0.6) is 0 Å². The van der Waals surface area contributed by atoms with Crippen molar-refractivity contribution in [2.45, 2.75) is 39.0 Å². The van der Waals surface area contributed by atoms with E-state index in [1.54, 1.807) is 11.1 Å². The highest BCUT2D eigenvalue weighted by molar-refractivity contribution is 5.65. The van der Waals surface area contributed by atoms with Gasteiger partial charge in [-0.25, -0.2) is 4.57 Å². The van der Waals surface area contributed by atoms with Crippen molar-refractivity contribution in [2.24, 2.45) is 7.05 Å². The van der Waals surface area contributed by atoms with Crippen LogP contribution in [0.2, 0.25) is 0 Å². The monoisotopic (exact) mass is 252 g/mol. The summed E-state index contributed by atoms with van der Waals surface area (Å²) in [6.45, 7) is 2.21. The molecule has 0 spiro atoms. The van der Waals surface area contributed by atoms with Crippen molar-refractivity contribution in [2.75, 3.05) is 0 Å². The third kappa shape index (κ3) is 2.30. The number of pyridine rings is 1. The molecule has 1 aliphatic carbocycles. The van der Waals surface area contributed by atoms with Crippen molar-refractivity contribution in [3.63, 3.8) is 0 Å². The molecule has 3 rings (SSSR count). The first-order chi connectivity index (χ1) is 9.27. The zero-order valence-electron chi connectivity index (χ0n) is 11.9. The SMILES string of the molecule is Cc1ccccc1-c1c2c(cc[n+]1C)CCCCC2. The number of nitrogens with zero attached hydrogens (tertiary/aromatic N) is 1. The first-order valence-corrected chi connectivity index (χ1v) is 7.34. The fourth-order valence-electron chi connectivity index (χ4n) is 3.24. The lowest BCUT2D eigenvalue weighted by molar-refractivity contribution is -0.660. The van der Waals surface area contributed by atoms with Gasteiger partial charge in [-0.2, -0.15) is 0 Å². The first-order valence-electron chi connectivity index (χ1n) is 7.34. The van der Waals surface area contributed by atoms with Crippen molar-refractivity contribution in [1.29, 1.82) is 0 Å². The average molecular weight is 252 g/mol. The number of fused-ring (bicyclic) bond motifs is 1. The molecule has 1 aromatic heterocycles. The van der Waals surface area contributed by atoms with Crippen LogP contribution >= 0.6 is 0 Å². The highest BCUT2D eigenvalue weighted by Crippen LogP contribution is 2.29. The van der Waals surface area contributed by atoms with Crippen LogP contribution in [0.1, 0.15) is 36.0 Å². The molecule has 0 N–H and O–H groups in total. The molecule has 1 heteroatoms. The Balaban J connectivity index is 2.23. The van der Waals surface area contributed by atoms with Crippen LogP contribution in [0.4, 0.5) is 0 Å². The van der Waals surface area contributed by atoms with Crippen LogP contribution < -0.4 is 4.57 Å². The fourth-order valence-corrected chi connectivity index (χ4v) is 3.24. The summed E-state index contributed by atoms with van der Waals surface area (Å²) in [5.74, 6) is 0. The van der Waals surface area contributed by atoms with Gasteiger partial charge < -0.3 is 0 Å². The molecule has 1 aliphatic rings. The molecular weight excluding hydrogens is 230 g/mol. The van der Waals surface area contributed by atoms with Crippen molar-refractivity contribution >= 4 is 0 Å². The Morgan fingerprint density at radius 1 is 0.947 bits per heavy atom. The van der Waals surface area contributed by atoms with E-state index in [-0.39, 0.29) is 0 Å². The molecule has 1 nitrogen and oxygen atoms in total. The second-order valence-corrected chi connectivity index (χ2v) is 5.65. The molecule has 0 atom stereocenters. The molecule has 0 aliphatic heterocycles. The standard InChI is InChI=1S/C18H22N/c1-14-8-6-7-10-16(14)18-17-11-5-3-4-9-15(17)12-13-19(18)2/h6-8,10,12-13H,3-5,9,11H2,1-2H3/q+1. The summed E-state index contributed by atoms with van der Waals surface area (Å²) in [5.41, 5.74) is 7.34. The van der Waals surface area contributed by atoms with Gasteiger partial charge in [0.15, 0.2) is 6.20 Å². The largest absolute Gasteiger partial charge is 0.216 e. The molecule has 98 valence electrons. The van der Waals surface area contributed by atoms with Gasteiger partial charge in [0.05, 0.1) is 0 Å². The molecule has 19 heavy (non-hydrogen) atoms. The van der Waals surface area contributed by atoms with Crippen molar-refractivity contribution in [1.82, 2.24) is 0 Å². The van der Waals surface area contributed by atoms with Crippen LogP contribution in [0, 0.1) is 6.92 Å². The highest BCUT2D eigenvalue weighted by atomic mass is 14.9. The van der Waals surface area contributed by atoms with E-state index >= 15 is 0 Å². The number of aryl methyl sites for hydroxylation is 3. The maximum absolute atomic E-state index is 2.32. The van der Waals surface area contributed by atoms with E-state index in [9.17, 15) is 0 Å². The van der Waals surface area contributed by atoms with E-state index < -0.39 is 0 Å². The van der Waals surface area contributed by atoms with Gasteiger partial charge in [0.2, 0.25) is 5.69 Å². The third-order valence-electron chi connectivity index (χ3n) is 4.30. The Morgan fingerprint density at radius 3 is 2.58 bits per heavy atom. The normalized spacial score (nSPS) is 14.8. The predicted molar refractivity (Wildman–Crippen MR) is 79.1 cm³/mol. The molecule has 0 unspecified atom stereocenters. The Labute approximate surface area is 115 Å². The Hall–Kier alpha value is -1.63. The van der Waals surface area contributed by atoms with Gasteiger partial charge in [0.25, 0.3) is 0 Å². The quantitative estimate of drug-likeness (QED) is 0.537. The molecule has 1 aromatic carbocycles. The van der Waals surface area contributed by atoms with Gasteiger partial charge in [-0.1, -0.05) is 24.6 Å². The van der Waals surface area contributed by atoms with Gasteiger partial charge >= 0.3 is 0 Å². The van der Waals surface area contributed by atoms with E-state index in [2.05, 4.69) is 55.1 Å². The summed E-state index contributed by atoms with van der Waals surface area (Å²) in [6, 6.07) is 11.1. The zero-order chi connectivity index (χ0) is 13.2. The second kappa shape index (κ2) is 5.16. The van der Waals surface area contributed by atoms with Crippen LogP contribution in [-0.4, -0.2) is 0 Å². The smallest absolute Gasteiger partial charge is 0.201 e. The first kappa shape index (κ1) is 12.4. The van der Waals surface area contributed by atoms with Gasteiger partial charge in [-0.3, -0.25) is 0 Å². The number of hydrogen-bond acceptors (Lipinski definition) is 0. The van der Waals surface area contributed by atoms with E-state index in [0.717, 1.165) is 0 Å². The second-order valence-electron chi connectivity index (χ2n) is 5.65. The summed E-state index contributed by atoms with van der Waals surface area (Å²) < 4.78 is 2.30. The summed E-state index contributed by atoms with van der Waals surface area (Å²) in [5, 5.41) is 0. The van der Waals surface area contributed by atoms with Crippen molar-refractivity contribution < 1.29 is 4.57 Å². The van der Waals surface area contributed by atoms with Gasteiger partial charge in [-0.05, 0) is 49.8 Å². The van der Waals surface area contributed by atoms with Gasteiger partial charge in [0, 0.05) is 17.2 Å². The van der Waals surface area contributed by atoms with Gasteiger partial charge in [0.1, 0.15) is 7.05 Å². The molecule has 0 saturated carbocycles. The highest BCUT2D eigenvalue weighted by Gasteiger charge is 2.22. The lowest BCUT2D eigenvalue weighted by atomic mass is 9.95. The van der Waals surface area contributed by atoms with E-state index in [4.69, 9.17) is 0 Å². The summed E-state index contributed by atoms with van der Waals surface area (Å²) in [7, 11) is 2.17. The minimum absolute atomic E-state index is 1.23. The molecule has 0 amide bonds. The summed E-state index contributed by atoms with van der Waals surface area (Å²) in [4.78, 5) is 0. The molecular formula is C18H22N+. The lowest BCUT2D eigenvalue weighted by Crippen LogP contribution is -2.32. The van der Waals surface area contributed by atoms with Crippen LogP contribution in [0.15, 0.2) is 36.5 Å². The Kier molecular flexibility index (Phi) is 3.37. The molecule has 2 aromatic rings. The number of aromatic nitrogens is 1. The predicted octanol–water partition coefficient (Wildman–Crippen LogP) is 3.76. The number of benzene rings is 1. The van der Waals surface area contributed by atoms with Crippen LogP contribution in [0.3, 0.4) is 0 Å². The molecule has 0 fully saturated rings. The van der Waals surface area contributed by atoms with E-state index in [1.807, 2.05) is 0 Å². The Morgan fingerprint density at radius 2 is 1.74 bits per heavy atom. The minimum Gasteiger partial charge on any atom is -0.201 e. The van der Waals surface area contributed by atoms with E-state index in [1.165, 1.54) is 48.9 Å². The Bertz CT molecular complexity index is 599. The van der Waals surface area contributed by atoms with E-state index in [0.29, 0.717) is 0 Å². The van der Waals surface area contributed by atoms with Crippen molar-refractivity contribution in [3.05, 3.63) is 53.2 Å². The third-order valence-corrected chi connectivity index (χ3v) is 4.30. The number of hydrogen-bond donors (Lipinski definition) is 0. The maximum Gasteiger partial charge on any atom is 0.216 e. The van der Waals surface area contributed by atoms with Crippen molar-refractivity contribution in [3.8, 4) is 11.3 Å². The van der Waals surface area contributed by atoms with Crippen LogP contribution in [0.25, 0.3) is 11.3 Å². The molecule has 0 bridgehead atoms. The lowest BCUT2D eigenvalue weighted by Gasteiger charge is -2.11. The zero-order valence-corrected chi connectivity index (χ0v) is 11.9. The summed E-state index contributed by atoms with van der Waals surface area (Å²) >= 11 is 0. The van der Waals surface area contributed by atoms with Crippen LogP contribution in [-0.2, 0) is 19.9 Å². The maximum atomic E-state index is 2.32. The van der Waals surface area contributed by atoms with Gasteiger partial charge in [-0.15, -0.1) is 0 Å². The number of rotatable bonds is 1. The molecule has 0 saturated heterocycles. The fraction of sp³-hybridized carbons (Fsp3) is 0.389. The summed E-state index contributed by atoms with van der Waals surface area (Å²) in [6.07, 6.45) is 8.74. The molecule has 1 heterocycles. The average Bonchev–Trinajstić information content (AvgIpc) is 2.65. The topological polar surface area (TPSA) is 3.88 Å². The minimum atomic E-state index is 1.23.